The highest BCUT2D eigenvalue weighted by atomic mass is 79.9. The van der Waals surface area contributed by atoms with Crippen LogP contribution in [0.1, 0.15) is 26.5 Å². The van der Waals surface area contributed by atoms with E-state index in [1.54, 1.807) is 67.8 Å². The molecule has 0 bridgehead atoms. The van der Waals surface area contributed by atoms with Crippen LogP contribution in [-0.4, -0.2) is 25.1 Å². The first kappa shape index (κ1) is 19.4. The molecule has 0 aliphatic rings. The van der Waals surface area contributed by atoms with Crippen molar-refractivity contribution in [1.29, 1.82) is 0 Å². The molecule has 3 rings (SSSR count). The lowest BCUT2D eigenvalue weighted by atomic mass is 10.1. The first-order valence-electron chi connectivity index (χ1n) is 8.20. The average molecular weight is 442 g/mol. The van der Waals surface area contributed by atoms with E-state index in [2.05, 4.69) is 31.8 Å². The van der Waals surface area contributed by atoms with Gasteiger partial charge in [-0.3, -0.25) is 9.59 Å². The monoisotopic (exact) mass is 441 g/mol. The summed E-state index contributed by atoms with van der Waals surface area (Å²) in [5, 5.41) is 6.60. The van der Waals surface area contributed by atoms with Crippen molar-refractivity contribution in [2.45, 2.75) is 0 Å². The Morgan fingerprint density at radius 2 is 1.79 bits per heavy atom. The van der Waals surface area contributed by atoms with Crippen LogP contribution in [0.15, 0.2) is 74.9 Å². The summed E-state index contributed by atoms with van der Waals surface area (Å²) >= 11 is 3.19. The van der Waals surface area contributed by atoms with Gasteiger partial charge in [-0.25, -0.2) is 5.43 Å². The molecule has 0 unspecified atom stereocenters. The van der Waals surface area contributed by atoms with Gasteiger partial charge in [0.2, 0.25) is 0 Å². The number of para-hydroxylation sites is 1. The zero-order valence-corrected chi connectivity index (χ0v) is 16.4. The van der Waals surface area contributed by atoms with Crippen LogP contribution in [0.25, 0.3) is 0 Å². The molecule has 0 spiro atoms. The lowest BCUT2D eigenvalue weighted by molar-refractivity contribution is 0.0956. The summed E-state index contributed by atoms with van der Waals surface area (Å²) in [6, 6.07) is 16.7. The van der Waals surface area contributed by atoms with E-state index in [4.69, 9.17) is 9.15 Å². The molecular weight excluding hydrogens is 426 g/mol. The number of hydrogen-bond acceptors (Lipinski definition) is 5. The number of anilines is 1. The Morgan fingerprint density at radius 3 is 2.46 bits per heavy atom. The number of benzene rings is 2. The van der Waals surface area contributed by atoms with E-state index in [1.807, 2.05) is 0 Å². The van der Waals surface area contributed by atoms with Crippen molar-refractivity contribution in [3.05, 3.63) is 82.2 Å². The zero-order chi connectivity index (χ0) is 19.9. The Hall–Kier alpha value is -3.39. The summed E-state index contributed by atoms with van der Waals surface area (Å²) in [6.45, 7) is 0. The number of furan rings is 1. The largest absolute Gasteiger partial charge is 0.497 e. The van der Waals surface area contributed by atoms with Gasteiger partial charge in [-0.15, -0.1) is 0 Å². The number of carbonyl (C=O) groups is 2. The second kappa shape index (κ2) is 9.01. The van der Waals surface area contributed by atoms with Crippen molar-refractivity contribution in [1.82, 2.24) is 5.43 Å². The number of hydrogen-bond donors (Lipinski definition) is 2. The quantitative estimate of drug-likeness (QED) is 0.445. The van der Waals surface area contributed by atoms with E-state index in [0.29, 0.717) is 27.4 Å². The van der Waals surface area contributed by atoms with Crippen molar-refractivity contribution < 1.29 is 18.7 Å². The normalized spacial score (nSPS) is 10.6. The predicted octanol–water partition coefficient (Wildman–Crippen LogP) is 4.07. The van der Waals surface area contributed by atoms with E-state index < -0.39 is 5.91 Å². The molecule has 28 heavy (non-hydrogen) atoms. The van der Waals surface area contributed by atoms with Gasteiger partial charge in [-0.05, 0) is 64.5 Å². The SMILES string of the molecule is COc1ccc(C(=O)Nc2ccccc2C(=O)N/N=C\c2ccc(Br)o2)cc1. The summed E-state index contributed by atoms with van der Waals surface area (Å²) < 4.78 is 10.9. The van der Waals surface area contributed by atoms with Crippen LogP contribution in [-0.2, 0) is 0 Å². The fraction of sp³-hybridized carbons (Fsp3) is 0.0500. The van der Waals surface area contributed by atoms with Gasteiger partial charge in [0.1, 0.15) is 11.5 Å². The maximum atomic E-state index is 12.5. The molecule has 2 N–H and O–H groups in total. The molecule has 0 saturated heterocycles. The Morgan fingerprint density at radius 1 is 1.04 bits per heavy atom. The Balaban J connectivity index is 1.70. The lowest BCUT2D eigenvalue weighted by Gasteiger charge is -2.10. The number of ether oxygens (including phenoxy) is 1. The number of carbonyl (C=O) groups excluding carboxylic acids is 2. The van der Waals surface area contributed by atoms with Gasteiger partial charge in [-0.2, -0.15) is 5.10 Å². The highest BCUT2D eigenvalue weighted by molar-refractivity contribution is 9.10. The molecule has 1 aromatic heterocycles. The maximum Gasteiger partial charge on any atom is 0.273 e. The van der Waals surface area contributed by atoms with E-state index in [0.717, 1.165) is 0 Å². The van der Waals surface area contributed by atoms with Crippen LogP contribution < -0.4 is 15.5 Å². The molecule has 1 heterocycles. The van der Waals surface area contributed by atoms with Crippen molar-refractivity contribution in [2.75, 3.05) is 12.4 Å². The smallest absolute Gasteiger partial charge is 0.273 e. The Kier molecular flexibility index (Phi) is 6.23. The Bertz CT molecular complexity index is 1010. The van der Waals surface area contributed by atoms with E-state index in [-0.39, 0.29) is 11.5 Å². The van der Waals surface area contributed by atoms with Crippen molar-refractivity contribution >= 4 is 39.6 Å². The first-order valence-corrected chi connectivity index (χ1v) is 8.99. The minimum atomic E-state index is -0.465. The van der Waals surface area contributed by atoms with Crippen molar-refractivity contribution in [3.63, 3.8) is 0 Å². The summed E-state index contributed by atoms with van der Waals surface area (Å²) in [4.78, 5) is 24.9. The summed E-state index contributed by atoms with van der Waals surface area (Å²) in [5.41, 5.74) is 3.51. The molecule has 3 aromatic rings. The molecule has 0 fully saturated rings. The van der Waals surface area contributed by atoms with Crippen LogP contribution >= 0.6 is 15.9 Å². The molecule has 0 atom stereocenters. The van der Waals surface area contributed by atoms with Gasteiger partial charge in [0.15, 0.2) is 4.67 Å². The second-order valence-electron chi connectivity index (χ2n) is 5.57. The third kappa shape index (κ3) is 4.86. The number of hydrazone groups is 1. The molecule has 0 radical (unpaired) electrons. The third-order valence-electron chi connectivity index (χ3n) is 3.72. The minimum Gasteiger partial charge on any atom is -0.497 e. The van der Waals surface area contributed by atoms with Crippen LogP contribution in [0, 0.1) is 0 Å². The van der Waals surface area contributed by atoms with Crippen LogP contribution in [0.5, 0.6) is 5.75 Å². The number of halogens is 1. The lowest BCUT2D eigenvalue weighted by Crippen LogP contribution is -2.21. The maximum absolute atomic E-state index is 12.5. The number of nitrogens with zero attached hydrogens (tertiary/aromatic N) is 1. The molecule has 142 valence electrons. The number of nitrogens with one attached hydrogen (secondary N) is 2. The number of amides is 2. The topological polar surface area (TPSA) is 92.9 Å². The molecule has 8 heteroatoms. The van der Waals surface area contributed by atoms with Gasteiger partial charge < -0.3 is 14.5 Å². The van der Waals surface area contributed by atoms with E-state index >= 15 is 0 Å². The van der Waals surface area contributed by atoms with Crippen molar-refractivity contribution in [2.24, 2.45) is 5.10 Å². The highest BCUT2D eigenvalue weighted by Gasteiger charge is 2.14. The molecule has 0 saturated carbocycles. The third-order valence-corrected chi connectivity index (χ3v) is 4.15. The molecule has 7 nitrogen and oxygen atoms in total. The summed E-state index contributed by atoms with van der Waals surface area (Å²) in [5.74, 6) is 0.324. The first-order chi connectivity index (χ1) is 13.6. The van der Waals surface area contributed by atoms with Gasteiger partial charge >= 0.3 is 0 Å². The molecule has 0 aliphatic carbocycles. The predicted molar refractivity (Wildman–Crippen MR) is 109 cm³/mol. The van der Waals surface area contributed by atoms with Crippen LogP contribution in [0.3, 0.4) is 0 Å². The van der Waals surface area contributed by atoms with E-state index in [9.17, 15) is 9.59 Å². The van der Waals surface area contributed by atoms with Gasteiger partial charge in [0, 0.05) is 5.56 Å². The van der Waals surface area contributed by atoms with Crippen LogP contribution in [0.2, 0.25) is 0 Å². The van der Waals surface area contributed by atoms with Gasteiger partial charge in [-0.1, -0.05) is 12.1 Å². The molecule has 2 aromatic carbocycles. The van der Waals surface area contributed by atoms with Crippen molar-refractivity contribution in [3.8, 4) is 5.75 Å². The van der Waals surface area contributed by atoms with Crippen LogP contribution in [0.4, 0.5) is 5.69 Å². The van der Waals surface area contributed by atoms with Gasteiger partial charge in [0.25, 0.3) is 11.8 Å². The molecule has 0 aliphatic heterocycles. The summed E-state index contributed by atoms with van der Waals surface area (Å²) in [7, 11) is 1.55. The molecule has 2 amide bonds. The summed E-state index contributed by atoms with van der Waals surface area (Å²) in [6.07, 6.45) is 1.38. The fourth-order valence-corrected chi connectivity index (χ4v) is 2.66. The number of rotatable bonds is 6. The zero-order valence-electron chi connectivity index (χ0n) is 14.8. The molecular formula is C20H16BrN3O4. The fourth-order valence-electron chi connectivity index (χ4n) is 2.34. The minimum absolute atomic E-state index is 0.280. The van der Waals surface area contributed by atoms with Gasteiger partial charge in [0.05, 0.1) is 24.6 Å². The highest BCUT2D eigenvalue weighted by Crippen LogP contribution is 2.18. The average Bonchev–Trinajstić information content (AvgIpc) is 3.13. The van der Waals surface area contributed by atoms with E-state index in [1.165, 1.54) is 6.21 Å². The standard InChI is InChI=1S/C20H16BrN3O4/c1-27-14-8-6-13(7-9-14)19(25)23-17-5-3-2-4-16(17)20(26)24-22-12-15-10-11-18(21)28-15/h2-12H,1H3,(H,23,25)(H,24,26)/b22-12-. The Labute approximate surface area is 169 Å². The second-order valence-corrected chi connectivity index (χ2v) is 6.35. The number of methoxy groups -OCH3 is 1.